The van der Waals surface area contributed by atoms with Crippen LogP contribution in [0, 0.1) is 0 Å². The van der Waals surface area contributed by atoms with E-state index in [0.717, 1.165) is 5.75 Å². The highest BCUT2D eigenvalue weighted by Gasteiger charge is 2.53. The van der Waals surface area contributed by atoms with Crippen LogP contribution >= 0.6 is 0 Å². The normalized spacial score (nSPS) is 15.9. The summed E-state index contributed by atoms with van der Waals surface area (Å²) in [5.41, 5.74) is 13.1. The summed E-state index contributed by atoms with van der Waals surface area (Å²) in [7, 11) is 1.77. The van der Waals surface area contributed by atoms with Crippen molar-refractivity contribution >= 4 is 6.08 Å². The molecule has 0 bridgehead atoms. The Hall–Kier alpha value is -4.36. The van der Waals surface area contributed by atoms with Crippen LogP contribution < -0.4 is 4.74 Å². The summed E-state index contributed by atoms with van der Waals surface area (Å²) in [6, 6.07) is 43.7. The Morgan fingerprint density at radius 3 is 1.49 bits per heavy atom. The average Bonchev–Trinajstić information content (AvgIpc) is 3.61. The van der Waals surface area contributed by atoms with Crippen molar-refractivity contribution in [2.45, 2.75) is 69.6 Å². The van der Waals surface area contributed by atoms with E-state index in [4.69, 9.17) is 4.74 Å². The van der Waals surface area contributed by atoms with Crippen molar-refractivity contribution in [1.82, 2.24) is 0 Å². The van der Waals surface area contributed by atoms with Gasteiger partial charge in [-0.05, 0) is 78.6 Å². The summed E-state index contributed by atoms with van der Waals surface area (Å²) < 4.78 is 5.83. The maximum atomic E-state index is 5.83. The van der Waals surface area contributed by atoms with Gasteiger partial charge >= 0.3 is 0 Å². The molecule has 1 atom stereocenters. The molecule has 2 aliphatic rings. The molecule has 2 aliphatic carbocycles. The predicted molar refractivity (Wildman–Crippen MR) is 190 cm³/mol. The number of benzene rings is 5. The van der Waals surface area contributed by atoms with E-state index in [9.17, 15) is 0 Å². The highest BCUT2D eigenvalue weighted by molar-refractivity contribution is 5.83. The topological polar surface area (TPSA) is 9.23 Å². The Bertz CT molecular complexity index is 1790. The molecule has 0 amide bonds. The van der Waals surface area contributed by atoms with Gasteiger partial charge in [-0.15, -0.1) is 0 Å². The molecular weight excluding hydrogens is 544 g/mol. The van der Waals surface area contributed by atoms with Crippen molar-refractivity contribution < 1.29 is 4.74 Å². The summed E-state index contributed by atoms with van der Waals surface area (Å²) in [4.78, 5) is 0. The fraction of sp³-hybridized carbons (Fsp3) is 0.273. The van der Waals surface area contributed by atoms with E-state index < -0.39 is 5.41 Å². The molecule has 0 saturated heterocycles. The fourth-order valence-corrected chi connectivity index (χ4v) is 7.95. The van der Waals surface area contributed by atoms with Crippen LogP contribution in [0.15, 0.2) is 121 Å². The van der Waals surface area contributed by atoms with E-state index in [-0.39, 0.29) is 22.7 Å². The summed E-state index contributed by atoms with van der Waals surface area (Å²) in [6.45, 7) is 14.0. The molecule has 0 aromatic heterocycles. The summed E-state index contributed by atoms with van der Waals surface area (Å²) in [6.07, 6.45) is 4.79. The molecule has 7 rings (SSSR count). The Morgan fingerprint density at radius 2 is 1.02 bits per heavy atom. The third-order valence-electron chi connectivity index (χ3n) is 10.3. The minimum Gasteiger partial charge on any atom is -0.497 e. The Kier molecular flexibility index (Phi) is 6.93. The number of ether oxygens (including phenoxy) is 1. The third-order valence-corrected chi connectivity index (χ3v) is 10.3. The molecule has 0 radical (unpaired) electrons. The third kappa shape index (κ3) is 4.67. The van der Waals surface area contributed by atoms with E-state index in [1.807, 2.05) is 0 Å². The van der Waals surface area contributed by atoms with Gasteiger partial charge in [-0.25, -0.2) is 0 Å². The minimum atomic E-state index is -0.441. The van der Waals surface area contributed by atoms with Crippen LogP contribution in [0.4, 0.5) is 0 Å². The second-order valence-corrected chi connectivity index (χ2v) is 15.0. The molecule has 45 heavy (non-hydrogen) atoms. The molecule has 0 N–H and O–H groups in total. The van der Waals surface area contributed by atoms with Gasteiger partial charge in [0.1, 0.15) is 5.75 Å². The number of hydrogen-bond acceptors (Lipinski definition) is 1. The average molecular weight is 589 g/mol. The van der Waals surface area contributed by atoms with Crippen molar-refractivity contribution in [2.24, 2.45) is 0 Å². The van der Waals surface area contributed by atoms with Crippen molar-refractivity contribution in [3.05, 3.63) is 166 Å². The highest BCUT2D eigenvalue weighted by Crippen LogP contribution is 2.63. The monoisotopic (exact) mass is 588 g/mol. The zero-order valence-corrected chi connectivity index (χ0v) is 27.7. The number of hydrogen-bond donors (Lipinski definition) is 0. The van der Waals surface area contributed by atoms with Crippen LogP contribution in [0.5, 0.6) is 5.75 Å². The molecule has 1 unspecified atom stereocenters. The first-order valence-electron chi connectivity index (χ1n) is 16.3. The van der Waals surface area contributed by atoms with E-state index in [0.29, 0.717) is 0 Å². The Labute approximate surface area is 269 Å². The van der Waals surface area contributed by atoms with Gasteiger partial charge < -0.3 is 4.74 Å². The molecular formula is C44H44O. The first-order chi connectivity index (χ1) is 21.5. The first kappa shape index (κ1) is 29.4. The molecule has 0 saturated carbocycles. The standard InChI is InChI=1S/C44H44O/c1-42(2,3)32-20-23-35-36-24-21-33(43(4,5)6)27-39(36)41(38(35)26-32)44(30-14-10-8-11-15-30,31-16-12-9-13-17-31)40-25-19-29-18-22-34(45-7)28-37(29)40/h8-28,40-41H,1-7H3. The Morgan fingerprint density at radius 1 is 0.511 bits per heavy atom. The van der Waals surface area contributed by atoms with Gasteiger partial charge in [-0.2, -0.15) is 0 Å². The molecule has 0 heterocycles. The second-order valence-electron chi connectivity index (χ2n) is 15.0. The maximum absolute atomic E-state index is 5.83. The lowest BCUT2D eigenvalue weighted by Crippen LogP contribution is -2.40. The quantitative estimate of drug-likeness (QED) is 0.198. The zero-order chi connectivity index (χ0) is 31.6. The summed E-state index contributed by atoms with van der Waals surface area (Å²) >= 11 is 0. The summed E-state index contributed by atoms with van der Waals surface area (Å²) in [5, 5.41) is 0. The predicted octanol–water partition coefficient (Wildman–Crippen LogP) is 11.2. The van der Waals surface area contributed by atoms with Crippen LogP contribution in [0.2, 0.25) is 0 Å². The number of fused-ring (bicyclic) bond motifs is 4. The molecule has 1 nitrogen and oxygen atoms in total. The SMILES string of the molecule is COc1ccc2c(c1)C(C(c1ccccc1)(c1ccccc1)C1c3cc(C(C)(C)C)ccc3-c3ccc(C(C)(C)C)cc31)C=C2. The number of methoxy groups -OCH3 is 1. The molecule has 5 aromatic rings. The fourth-order valence-electron chi connectivity index (χ4n) is 7.95. The lowest BCUT2D eigenvalue weighted by atomic mass is 9.55. The van der Waals surface area contributed by atoms with E-state index >= 15 is 0 Å². The van der Waals surface area contributed by atoms with Crippen LogP contribution in [0.1, 0.15) is 97.9 Å². The summed E-state index contributed by atoms with van der Waals surface area (Å²) in [5.74, 6) is 1.05. The largest absolute Gasteiger partial charge is 0.497 e. The lowest BCUT2D eigenvalue weighted by molar-refractivity contribution is 0.404. The van der Waals surface area contributed by atoms with Gasteiger partial charge in [-0.1, -0.05) is 157 Å². The zero-order valence-electron chi connectivity index (χ0n) is 27.7. The first-order valence-corrected chi connectivity index (χ1v) is 16.3. The smallest absolute Gasteiger partial charge is 0.119 e. The van der Waals surface area contributed by atoms with Gasteiger partial charge in [0.25, 0.3) is 0 Å². The van der Waals surface area contributed by atoms with E-state index in [2.05, 4.69) is 169 Å². The van der Waals surface area contributed by atoms with Gasteiger partial charge in [0.15, 0.2) is 0 Å². The number of rotatable bonds is 5. The number of allylic oxidation sites excluding steroid dienone is 1. The van der Waals surface area contributed by atoms with Crippen molar-refractivity contribution in [3.8, 4) is 16.9 Å². The van der Waals surface area contributed by atoms with Crippen LogP contribution in [-0.4, -0.2) is 7.11 Å². The molecule has 5 aromatic carbocycles. The molecule has 226 valence electrons. The van der Waals surface area contributed by atoms with Crippen molar-refractivity contribution in [1.29, 1.82) is 0 Å². The van der Waals surface area contributed by atoms with Crippen LogP contribution in [0.25, 0.3) is 17.2 Å². The van der Waals surface area contributed by atoms with Crippen molar-refractivity contribution in [3.63, 3.8) is 0 Å². The van der Waals surface area contributed by atoms with Gasteiger partial charge in [-0.3, -0.25) is 0 Å². The van der Waals surface area contributed by atoms with E-state index in [1.54, 1.807) is 7.11 Å². The van der Waals surface area contributed by atoms with E-state index in [1.165, 1.54) is 55.6 Å². The molecule has 1 heteroatoms. The van der Waals surface area contributed by atoms with Crippen LogP contribution in [0.3, 0.4) is 0 Å². The van der Waals surface area contributed by atoms with Crippen LogP contribution in [-0.2, 0) is 16.2 Å². The molecule has 0 fully saturated rings. The van der Waals surface area contributed by atoms with Gasteiger partial charge in [0.2, 0.25) is 0 Å². The molecule has 0 spiro atoms. The molecule has 0 aliphatic heterocycles. The van der Waals surface area contributed by atoms with Gasteiger partial charge in [0, 0.05) is 17.3 Å². The lowest BCUT2D eigenvalue weighted by Gasteiger charge is -2.46. The maximum Gasteiger partial charge on any atom is 0.119 e. The minimum absolute atomic E-state index is 0.0281. The second kappa shape index (κ2) is 10.6. The van der Waals surface area contributed by atoms with Crippen molar-refractivity contribution in [2.75, 3.05) is 7.11 Å². The van der Waals surface area contributed by atoms with Gasteiger partial charge in [0.05, 0.1) is 7.11 Å². The Balaban J connectivity index is 1.65. The highest BCUT2D eigenvalue weighted by atomic mass is 16.5.